The Bertz CT molecular complexity index is 619. The molecule has 1 unspecified atom stereocenters. The lowest BCUT2D eigenvalue weighted by Crippen LogP contribution is -2.39. The molecule has 1 saturated carbocycles. The molecule has 1 saturated heterocycles. The van der Waals surface area contributed by atoms with Crippen LogP contribution in [0.5, 0.6) is 5.75 Å². The Hall–Kier alpha value is -1.55. The number of benzene rings is 1. The van der Waals surface area contributed by atoms with Crippen LogP contribution in [0.25, 0.3) is 0 Å². The Kier molecular flexibility index (Phi) is 6.80. The molecule has 3 rings (SSSR count). The molecular formula is C23H36N2O2. The van der Waals surface area contributed by atoms with E-state index in [0.717, 1.165) is 30.1 Å². The number of hydrogen-bond acceptors (Lipinski definition) is 3. The number of carbonyl (C=O) groups is 1. The highest BCUT2D eigenvalue weighted by atomic mass is 16.5. The number of nitrogens with zero attached hydrogens (tertiary/aromatic N) is 1. The van der Waals surface area contributed by atoms with Gasteiger partial charge in [0.2, 0.25) is 5.91 Å². The van der Waals surface area contributed by atoms with Crippen LogP contribution in [-0.2, 0) is 11.2 Å². The number of methoxy groups -OCH3 is 1. The van der Waals surface area contributed by atoms with Gasteiger partial charge in [-0.25, -0.2) is 0 Å². The molecule has 27 heavy (non-hydrogen) atoms. The lowest BCUT2D eigenvalue weighted by molar-refractivity contribution is -0.123. The quantitative estimate of drug-likeness (QED) is 0.715. The van der Waals surface area contributed by atoms with Crippen LogP contribution in [0, 0.1) is 17.3 Å². The summed E-state index contributed by atoms with van der Waals surface area (Å²) in [6.45, 7) is 8.85. The third-order valence-corrected chi connectivity index (χ3v) is 6.92. The molecule has 1 N–H and O–H groups in total. The Morgan fingerprint density at radius 2 is 1.96 bits per heavy atom. The fourth-order valence-corrected chi connectivity index (χ4v) is 4.72. The highest BCUT2D eigenvalue weighted by molar-refractivity contribution is 5.82. The number of ether oxygens (including phenoxy) is 1. The number of amides is 1. The molecule has 1 aromatic carbocycles. The molecule has 2 fully saturated rings. The molecule has 1 atom stereocenters. The van der Waals surface area contributed by atoms with Gasteiger partial charge in [0.25, 0.3) is 0 Å². The van der Waals surface area contributed by atoms with Crippen molar-refractivity contribution in [1.82, 2.24) is 10.2 Å². The van der Waals surface area contributed by atoms with E-state index in [9.17, 15) is 4.79 Å². The van der Waals surface area contributed by atoms with Crippen molar-refractivity contribution < 1.29 is 9.53 Å². The third-order valence-electron chi connectivity index (χ3n) is 6.92. The molecule has 1 aromatic rings. The van der Waals surface area contributed by atoms with Crippen LogP contribution in [0.3, 0.4) is 0 Å². The smallest absolute Gasteiger partial charge is 0.223 e. The van der Waals surface area contributed by atoms with Gasteiger partial charge in [-0.3, -0.25) is 4.79 Å². The second-order valence-corrected chi connectivity index (χ2v) is 8.46. The first-order valence-corrected chi connectivity index (χ1v) is 10.7. The molecule has 0 aromatic heterocycles. The van der Waals surface area contributed by atoms with E-state index in [0.29, 0.717) is 12.0 Å². The van der Waals surface area contributed by atoms with Crippen molar-refractivity contribution in [3.8, 4) is 5.75 Å². The van der Waals surface area contributed by atoms with E-state index in [2.05, 4.69) is 30.1 Å². The lowest BCUT2D eigenvalue weighted by atomic mass is 9.89. The molecule has 0 bridgehead atoms. The zero-order chi connectivity index (χ0) is 19.3. The maximum atomic E-state index is 12.6. The summed E-state index contributed by atoms with van der Waals surface area (Å²) >= 11 is 0. The van der Waals surface area contributed by atoms with E-state index < -0.39 is 0 Å². The summed E-state index contributed by atoms with van der Waals surface area (Å²) < 4.78 is 5.39. The number of carbonyl (C=O) groups excluding carboxylic acids is 1. The normalized spacial score (nSPS) is 21.4. The van der Waals surface area contributed by atoms with E-state index in [1.807, 2.05) is 18.2 Å². The Morgan fingerprint density at radius 3 is 2.63 bits per heavy atom. The van der Waals surface area contributed by atoms with Gasteiger partial charge in [-0.05, 0) is 61.7 Å². The summed E-state index contributed by atoms with van der Waals surface area (Å²) in [7, 11) is 1.70. The highest BCUT2D eigenvalue weighted by Gasteiger charge is 2.58. The van der Waals surface area contributed by atoms with E-state index in [4.69, 9.17) is 4.74 Å². The minimum atomic E-state index is 0.241. The Balaban J connectivity index is 1.40. The van der Waals surface area contributed by atoms with Crippen LogP contribution < -0.4 is 10.1 Å². The van der Waals surface area contributed by atoms with Crippen molar-refractivity contribution >= 4 is 5.91 Å². The monoisotopic (exact) mass is 372 g/mol. The topological polar surface area (TPSA) is 41.6 Å². The van der Waals surface area contributed by atoms with Crippen LogP contribution in [0.1, 0.15) is 51.5 Å². The molecule has 0 radical (unpaired) electrons. The van der Waals surface area contributed by atoms with Crippen molar-refractivity contribution in [2.75, 3.05) is 33.3 Å². The summed E-state index contributed by atoms with van der Waals surface area (Å²) in [5.41, 5.74) is 1.46. The molecule has 2 aliphatic rings. The minimum Gasteiger partial charge on any atom is -0.496 e. The van der Waals surface area contributed by atoms with Gasteiger partial charge in [-0.1, -0.05) is 44.9 Å². The maximum Gasteiger partial charge on any atom is 0.223 e. The number of para-hydroxylation sites is 1. The molecule has 150 valence electrons. The van der Waals surface area contributed by atoms with Gasteiger partial charge in [0.05, 0.1) is 7.11 Å². The van der Waals surface area contributed by atoms with Gasteiger partial charge in [0.15, 0.2) is 0 Å². The average Bonchev–Trinajstić information content (AvgIpc) is 3.41. The predicted molar refractivity (Wildman–Crippen MR) is 110 cm³/mol. The number of nitrogens with one attached hydrogen (secondary N) is 1. The van der Waals surface area contributed by atoms with Gasteiger partial charge < -0.3 is 15.0 Å². The largest absolute Gasteiger partial charge is 0.496 e. The zero-order valence-corrected chi connectivity index (χ0v) is 17.3. The first-order chi connectivity index (χ1) is 13.1. The van der Waals surface area contributed by atoms with E-state index >= 15 is 0 Å². The molecule has 1 amide bonds. The number of hydrogen-bond donors (Lipinski definition) is 1. The lowest BCUT2D eigenvalue weighted by Gasteiger charge is -2.34. The summed E-state index contributed by atoms with van der Waals surface area (Å²) in [5.74, 6) is 2.23. The van der Waals surface area contributed by atoms with Crippen molar-refractivity contribution in [2.45, 2.75) is 52.4 Å². The van der Waals surface area contributed by atoms with Crippen LogP contribution in [0.4, 0.5) is 0 Å². The van der Waals surface area contributed by atoms with Crippen LogP contribution in [0.2, 0.25) is 0 Å². The molecule has 1 spiro atoms. The van der Waals surface area contributed by atoms with Gasteiger partial charge >= 0.3 is 0 Å². The standard InChI is InChI=1S/C23H36N2O2/c1-4-18(5-2)17-25-14-11-23(12-15-25)16-20(23)22(26)24-13-10-19-8-6-7-9-21(19)27-3/h6-9,18,20H,4-5,10-17H2,1-3H3,(H,24,26). The van der Waals surface area contributed by atoms with Crippen molar-refractivity contribution in [3.05, 3.63) is 29.8 Å². The first kappa shape index (κ1) is 20.2. The molecular weight excluding hydrogens is 336 g/mol. The summed E-state index contributed by atoms with van der Waals surface area (Å²) in [6.07, 6.45) is 6.84. The number of rotatable bonds is 9. The molecule has 1 heterocycles. The van der Waals surface area contributed by atoms with Gasteiger partial charge in [0, 0.05) is 19.0 Å². The van der Waals surface area contributed by atoms with Gasteiger partial charge in [-0.15, -0.1) is 0 Å². The van der Waals surface area contributed by atoms with Gasteiger partial charge in [-0.2, -0.15) is 0 Å². The second kappa shape index (κ2) is 9.09. The zero-order valence-electron chi connectivity index (χ0n) is 17.3. The predicted octanol–water partition coefficient (Wildman–Crippen LogP) is 3.89. The maximum absolute atomic E-state index is 12.6. The minimum absolute atomic E-state index is 0.241. The molecule has 4 nitrogen and oxygen atoms in total. The Labute approximate surface area is 164 Å². The van der Waals surface area contributed by atoms with E-state index in [1.54, 1.807) is 7.11 Å². The Morgan fingerprint density at radius 1 is 1.26 bits per heavy atom. The first-order valence-electron chi connectivity index (χ1n) is 10.7. The fraction of sp³-hybridized carbons (Fsp3) is 0.696. The van der Waals surface area contributed by atoms with Crippen molar-refractivity contribution in [3.63, 3.8) is 0 Å². The van der Waals surface area contributed by atoms with Crippen LogP contribution in [0.15, 0.2) is 24.3 Å². The average molecular weight is 373 g/mol. The fourth-order valence-electron chi connectivity index (χ4n) is 4.72. The molecule has 1 aliphatic heterocycles. The summed E-state index contributed by atoms with van der Waals surface area (Å²) in [6, 6.07) is 8.04. The summed E-state index contributed by atoms with van der Waals surface area (Å²) in [5, 5.41) is 3.17. The van der Waals surface area contributed by atoms with E-state index in [1.165, 1.54) is 45.3 Å². The molecule has 4 heteroatoms. The van der Waals surface area contributed by atoms with Crippen molar-refractivity contribution in [2.24, 2.45) is 17.3 Å². The molecule has 1 aliphatic carbocycles. The SMILES string of the molecule is CCC(CC)CN1CCC2(CC1)CC2C(=O)NCCc1ccccc1OC. The number of likely N-dealkylation sites (tertiary alicyclic amines) is 1. The van der Waals surface area contributed by atoms with Gasteiger partial charge in [0.1, 0.15) is 5.75 Å². The van der Waals surface area contributed by atoms with Crippen molar-refractivity contribution in [1.29, 1.82) is 0 Å². The van der Waals surface area contributed by atoms with Crippen LogP contribution >= 0.6 is 0 Å². The van der Waals surface area contributed by atoms with E-state index in [-0.39, 0.29) is 11.8 Å². The van der Waals surface area contributed by atoms with Crippen LogP contribution in [-0.4, -0.2) is 44.1 Å². The highest BCUT2D eigenvalue weighted by Crippen LogP contribution is 2.59. The second-order valence-electron chi connectivity index (χ2n) is 8.46. The third kappa shape index (κ3) is 4.84. The summed E-state index contributed by atoms with van der Waals surface area (Å²) in [4.78, 5) is 15.2. The number of piperidine rings is 1.